The molecular weight excluding hydrogens is 535 g/mol. The lowest BCUT2D eigenvalue weighted by atomic mass is 9.85. The second kappa shape index (κ2) is 10.7. The molecule has 2 aromatic heterocycles. The van der Waals surface area contributed by atoms with E-state index in [4.69, 9.17) is 18.6 Å². The van der Waals surface area contributed by atoms with Crippen molar-refractivity contribution in [3.8, 4) is 6.07 Å². The standard InChI is InChI=1S/C25H45N5O3SSi3/c1-18(2)34-30(35(4,5)6)24-20-13-14-22(29(20)28-17-27-24)25(16-26)19(3)23(33-37(10,11)12)21(32-25)15-31-36(7,8)9/h13-14,17-19,21,23H,15H2,1-12H3/t19-,21+,23-,25?/m0/s1. The number of rotatable bonds is 10. The molecule has 0 amide bonds. The van der Waals surface area contributed by atoms with Crippen LogP contribution >= 0.6 is 11.9 Å². The maximum Gasteiger partial charge on any atom is 0.201 e. The van der Waals surface area contributed by atoms with Gasteiger partial charge < -0.3 is 17.6 Å². The van der Waals surface area contributed by atoms with Crippen LogP contribution in [0, 0.1) is 17.2 Å². The van der Waals surface area contributed by atoms with Crippen LogP contribution < -0.4 is 3.97 Å². The first kappa shape index (κ1) is 30.3. The molecule has 0 aromatic carbocycles. The van der Waals surface area contributed by atoms with Crippen LogP contribution in [-0.2, 0) is 19.2 Å². The molecule has 1 fully saturated rings. The highest BCUT2D eigenvalue weighted by molar-refractivity contribution is 8.03. The molecule has 37 heavy (non-hydrogen) atoms. The first-order chi connectivity index (χ1) is 16.9. The molecule has 3 rings (SSSR count). The zero-order chi connectivity index (χ0) is 28.0. The molecule has 4 atom stereocenters. The largest absolute Gasteiger partial charge is 0.415 e. The number of hydrogen-bond acceptors (Lipinski definition) is 8. The zero-order valence-electron chi connectivity index (χ0n) is 24.6. The van der Waals surface area contributed by atoms with Crippen LogP contribution in [0.4, 0.5) is 5.82 Å². The highest BCUT2D eigenvalue weighted by atomic mass is 32.2. The smallest absolute Gasteiger partial charge is 0.201 e. The molecule has 0 bridgehead atoms. The molecule has 0 saturated carbocycles. The number of nitrogens with zero attached hydrogens (tertiary/aromatic N) is 5. The highest BCUT2D eigenvalue weighted by Gasteiger charge is 2.57. The van der Waals surface area contributed by atoms with Crippen molar-refractivity contribution < 1.29 is 13.6 Å². The molecule has 8 nitrogen and oxygen atoms in total. The Bertz CT molecular complexity index is 1140. The van der Waals surface area contributed by atoms with E-state index in [1.807, 2.05) is 16.6 Å². The summed E-state index contributed by atoms with van der Waals surface area (Å²) in [5.41, 5.74) is 0.374. The van der Waals surface area contributed by atoms with Crippen molar-refractivity contribution in [2.75, 3.05) is 10.6 Å². The first-order valence-electron chi connectivity index (χ1n) is 13.1. The van der Waals surface area contributed by atoms with Crippen molar-refractivity contribution in [2.24, 2.45) is 5.92 Å². The third kappa shape index (κ3) is 6.69. The fourth-order valence-corrected chi connectivity index (χ4v) is 9.79. The van der Waals surface area contributed by atoms with Crippen LogP contribution in [0.5, 0.6) is 0 Å². The molecule has 3 heterocycles. The van der Waals surface area contributed by atoms with Crippen LogP contribution in [0.3, 0.4) is 0 Å². The molecule has 12 heteroatoms. The van der Waals surface area contributed by atoms with Gasteiger partial charge in [-0.3, -0.25) is 0 Å². The van der Waals surface area contributed by atoms with E-state index in [1.165, 1.54) is 0 Å². The quantitative estimate of drug-likeness (QED) is 0.241. The lowest BCUT2D eigenvalue weighted by Crippen LogP contribution is -2.43. The molecule has 206 valence electrons. The molecule has 0 N–H and O–H groups in total. The summed E-state index contributed by atoms with van der Waals surface area (Å²) in [6, 6.07) is 6.55. The fraction of sp³-hybridized carbons (Fsp3) is 0.720. The second-order valence-corrected chi connectivity index (χ2v) is 28.7. The summed E-state index contributed by atoms with van der Waals surface area (Å²) in [7, 11) is -5.50. The average molecular weight is 580 g/mol. The minimum atomic E-state index is -1.93. The number of nitriles is 1. The Morgan fingerprint density at radius 1 is 1.14 bits per heavy atom. The van der Waals surface area contributed by atoms with Crippen LogP contribution in [-0.4, -0.2) is 63.5 Å². The Hall–Kier alpha value is -1.21. The monoisotopic (exact) mass is 579 g/mol. The van der Waals surface area contributed by atoms with E-state index in [-0.39, 0.29) is 18.1 Å². The maximum absolute atomic E-state index is 10.7. The van der Waals surface area contributed by atoms with Gasteiger partial charge in [-0.1, -0.05) is 52.4 Å². The molecule has 1 aliphatic rings. The number of ether oxygens (including phenoxy) is 1. The van der Waals surface area contributed by atoms with Gasteiger partial charge in [0.25, 0.3) is 0 Å². The maximum atomic E-state index is 10.7. The second-order valence-electron chi connectivity index (χ2n) is 13.1. The van der Waals surface area contributed by atoms with Gasteiger partial charge in [-0.05, 0) is 51.4 Å². The van der Waals surface area contributed by atoms with Crippen molar-refractivity contribution in [2.45, 2.75) is 103 Å². The molecule has 2 aromatic rings. The Kier molecular flexibility index (Phi) is 8.81. The van der Waals surface area contributed by atoms with Crippen LogP contribution in [0.1, 0.15) is 26.5 Å². The Morgan fingerprint density at radius 2 is 1.78 bits per heavy atom. The van der Waals surface area contributed by atoms with Gasteiger partial charge in [-0.2, -0.15) is 10.4 Å². The van der Waals surface area contributed by atoms with E-state index < -0.39 is 30.5 Å². The molecule has 1 aliphatic heterocycles. The number of aromatic nitrogens is 3. The van der Waals surface area contributed by atoms with Gasteiger partial charge in [-0.15, -0.1) is 0 Å². The summed E-state index contributed by atoms with van der Waals surface area (Å²) >= 11 is 1.80. The zero-order valence-corrected chi connectivity index (χ0v) is 28.4. The van der Waals surface area contributed by atoms with Crippen molar-refractivity contribution in [3.05, 3.63) is 24.2 Å². The predicted octanol–water partition coefficient (Wildman–Crippen LogP) is 6.25. The average Bonchev–Trinajstić information content (AvgIpc) is 3.29. The van der Waals surface area contributed by atoms with E-state index in [0.29, 0.717) is 17.6 Å². The number of anilines is 1. The van der Waals surface area contributed by atoms with Crippen LogP contribution in [0.25, 0.3) is 5.52 Å². The normalized spacial score (nSPS) is 25.1. The Labute approximate surface area is 230 Å². The van der Waals surface area contributed by atoms with Crippen molar-refractivity contribution >= 4 is 48.2 Å². The molecule has 1 saturated heterocycles. The van der Waals surface area contributed by atoms with Gasteiger partial charge in [0.2, 0.25) is 5.60 Å². The third-order valence-corrected chi connectivity index (χ3v) is 12.3. The first-order valence-corrected chi connectivity index (χ1v) is 24.2. The van der Waals surface area contributed by atoms with Crippen molar-refractivity contribution in [1.82, 2.24) is 14.6 Å². The Balaban J connectivity index is 2.13. The van der Waals surface area contributed by atoms with Gasteiger partial charge >= 0.3 is 0 Å². The summed E-state index contributed by atoms with van der Waals surface area (Å²) in [4.78, 5) is 4.72. The fourth-order valence-electron chi connectivity index (χ4n) is 4.59. The highest BCUT2D eigenvalue weighted by Crippen LogP contribution is 2.47. The molecule has 0 radical (unpaired) electrons. The van der Waals surface area contributed by atoms with Crippen molar-refractivity contribution in [1.29, 1.82) is 5.26 Å². The van der Waals surface area contributed by atoms with E-state index in [0.717, 1.165) is 11.3 Å². The number of hydrogen-bond donors (Lipinski definition) is 0. The molecule has 1 unspecified atom stereocenters. The van der Waals surface area contributed by atoms with Gasteiger partial charge in [0, 0.05) is 11.2 Å². The van der Waals surface area contributed by atoms with E-state index in [1.54, 1.807) is 18.3 Å². The molecule has 0 spiro atoms. The molecule has 0 aliphatic carbocycles. The molecular formula is C25H45N5O3SSi3. The van der Waals surface area contributed by atoms with Gasteiger partial charge in [-0.25, -0.2) is 9.50 Å². The predicted molar refractivity (Wildman–Crippen MR) is 160 cm³/mol. The van der Waals surface area contributed by atoms with E-state index in [2.05, 4.69) is 94.8 Å². The third-order valence-electron chi connectivity index (χ3n) is 6.10. The topological polar surface area (TPSA) is 84.9 Å². The van der Waals surface area contributed by atoms with E-state index >= 15 is 0 Å². The summed E-state index contributed by atoms with van der Waals surface area (Å²) in [5.74, 6) is 0.667. The summed E-state index contributed by atoms with van der Waals surface area (Å²) in [6.45, 7) is 26.8. The lowest BCUT2D eigenvalue weighted by molar-refractivity contribution is -0.0496. The van der Waals surface area contributed by atoms with Gasteiger partial charge in [0.15, 0.2) is 30.7 Å². The summed E-state index contributed by atoms with van der Waals surface area (Å²) < 4.78 is 23.8. The van der Waals surface area contributed by atoms with Gasteiger partial charge in [0.05, 0.1) is 18.4 Å². The minimum absolute atomic E-state index is 0.214. The SMILES string of the molecule is CC(C)SN(c1ncnn2c(C3(C#N)O[C@H](CO[Si](C)(C)C)[C@@H](O[Si](C)(C)C)[C@@H]3C)ccc12)[Si](C)(C)C. The van der Waals surface area contributed by atoms with Gasteiger partial charge in [0.1, 0.15) is 24.0 Å². The van der Waals surface area contributed by atoms with E-state index in [9.17, 15) is 5.26 Å². The van der Waals surface area contributed by atoms with Crippen LogP contribution in [0.15, 0.2) is 18.5 Å². The van der Waals surface area contributed by atoms with Crippen molar-refractivity contribution in [3.63, 3.8) is 0 Å². The summed E-state index contributed by atoms with van der Waals surface area (Å²) in [6.07, 6.45) is 1.01. The minimum Gasteiger partial charge on any atom is -0.415 e. The lowest BCUT2D eigenvalue weighted by Gasteiger charge is -2.35. The number of fused-ring (bicyclic) bond motifs is 1. The summed E-state index contributed by atoms with van der Waals surface area (Å²) in [5, 5.41) is 15.7. The Morgan fingerprint density at radius 3 is 2.30 bits per heavy atom. The van der Waals surface area contributed by atoms with Crippen LogP contribution in [0.2, 0.25) is 58.9 Å².